The lowest BCUT2D eigenvalue weighted by Gasteiger charge is -2.08. The van der Waals surface area contributed by atoms with Crippen LogP contribution in [0.15, 0.2) is 62.2 Å². The maximum atomic E-state index is 11.9. The van der Waals surface area contributed by atoms with E-state index in [2.05, 4.69) is 21.2 Å². The predicted octanol–water partition coefficient (Wildman–Crippen LogP) is 4.82. The first-order chi connectivity index (χ1) is 10.1. The fraction of sp³-hybridized carbons (Fsp3) is 0.0625. The first-order valence-electron chi connectivity index (χ1n) is 6.34. The Balaban J connectivity index is 1.88. The lowest BCUT2D eigenvalue weighted by Crippen LogP contribution is -2.11. The molecule has 0 saturated carbocycles. The van der Waals surface area contributed by atoms with Crippen LogP contribution in [0.5, 0.6) is 0 Å². The molecule has 1 N–H and O–H groups in total. The number of hydrogen-bond acceptors (Lipinski definition) is 3. The summed E-state index contributed by atoms with van der Waals surface area (Å²) in [5.74, 6) is 0. The van der Waals surface area contributed by atoms with Crippen LogP contribution in [0.4, 0.5) is 5.69 Å². The molecular weight excluding hydrogens is 354 g/mol. The van der Waals surface area contributed by atoms with Crippen molar-refractivity contribution in [1.29, 1.82) is 0 Å². The highest BCUT2D eigenvalue weighted by molar-refractivity contribution is 9.10. The minimum absolute atomic E-state index is 0.338. The van der Waals surface area contributed by atoms with Gasteiger partial charge >= 0.3 is 5.63 Å². The number of rotatable bonds is 3. The molecule has 0 bridgehead atoms. The van der Waals surface area contributed by atoms with Gasteiger partial charge in [-0.3, -0.25) is 0 Å². The number of benzene rings is 2. The van der Waals surface area contributed by atoms with Gasteiger partial charge in [0.05, 0.1) is 16.3 Å². The molecule has 0 aliphatic rings. The monoisotopic (exact) mass is 363 g/mol. The van der Waals surface area contributed by atoms with Crippen LogP contribution in [-0.4, -0.2) is 0 Å². The molecule has 0 atom stereocenters. The molecule has 3 nitrogen and oxygen atoms in total. The zero-order valence-corrected chi connectivity index (χ0v) is 13.2. The SMILES string of the molecule is O=c1oc2ccccc2cc1CNc1ccc(Br)cc1Cl. The third-order valence-corrected chi connectivity index (χ3v) is 3.92. The second-order valence-electron chi connectivity index (χ2n) is 4.57. The zero-order valence-electron chi connectivity index (χ0n) is 10.9. The minimum atomic E-state index is -0.338. The Labute approximate surface area is 134 Å². The van der Waals surface area contributed by atoms with Crippen molar-refractivity contribution in [2.24, 2.45) is 0 Å². The highest BCUT2D eigenvalue weighted by Gasteiger charge is 2.06. The normalized spacial score (nSPS) is 10.8. The maximum absolute atomic E-state index is 11.9. The summed E-state index contributed by atoms with van der Waals surface area (Å²) in [4.78, 5) is 11.9. The number of hydrogen-bond donors (Lipinski definition) is 1. The van der Waals surface area contributed by atoms with Crippen molar-refractivity contribution in [3.05, 3.63) is 74.0 Å². The molecule has 2 aromatic carbocycles. The van der Waals surface area contributed by atoms with Gasteiger partial charge in [0.1, 0.15) is 5.58 Å². The van der Waals surface area contributed by atoms with Crippen molar-refractivity contribution in [2.75, 3.05) is 5.32 Å². The Kier molecular flexibility index (Phi) is 3.99. The van der Waals surface area contributed by atoms with Crippen LogP contribution in [-0.2, 0) is 6.54 Å². The van der Waals surface area contributed by atoms with E-state index in [0.717, 1.165) is 15.5 Å². The summed E-state index contributed by atoms with van der Waals surface area (Å²) < 4.78 is 6.20. The second kappa shape index (κ2) is 5.92. The molecule has 0 amide bonds. The van der Waals surface area contributed by atoms with Crippen LogP contribution < -0.4 is 10.9 Å². The number of fused-ring (bicyclic) bond motifs is 1. The van der Waals surface area contributed by atoms with E-state index in [9.17, 15) is 4.79 Å². The van der Waals surface area contributed by atoms with Gasteiger partial charge in [-0.05, 0) is 30.3 Å². The summed E-state index contributed by atoms with van der Waals surface area (Å²) in [5.41, 5.74) is 1.59. The molecule has 0 aliphatic heterocycles. The molecule has 0 unspecified atom stereocenters. The molecule has 1 heterocycles. The molecule has 106 valence electrons. The van der Waals surface area contributed by atoms with Gasteiger partial charge in [-0.25, -0.2) is 4.79 Å². The van der Waals surface area contributed by atoms with E-state index in [-0.39, 0.29) is 5.63 Å². The average molecular weight is 365 g/mol. The average Bonchev–Trinajstić information content (AvgIpc) is 2.46. The van der Waals surface area contributed by atoms with Crippen molar-refractivity contribution in [3.63, 3.8) is 0 Å². The number of nitrogens with one attached hydrogen (secondary N) is 1. The quantitative estimate of drug-likeness (QED) is 0.677. The van der Waals surface area contributed by atoms with Crippen LogP contribution in [0.1, 0.15) is 5.56 Å². The fourth-order valence-electron chi connectivity index (χ4n) is 2.05. The van der Waals surface area contributed by atoms with Gasteiger partial charge in [-0.15, -0.1) is 0 Å². The van der Waals surface area contributed by atoms with E-state index in [1.54, 1.807) is 12.1 Å². The summed E-state index contributed by atoms with van der Waals surface area (Å²) in [5, 5.41) is 4.64. The fourth-order valence-corrected chi connectivity index (χ4v) is 2.79. The van der Waals surface area contributed by atoms with E-state index >= 15 is 0 Å². The summed E-state index contributed by atoms with van der Waals surface area (Å²) in [6.07, 6.45) is 0. The molecule has 0 saturated heterocycles. The van der Waals surface area contributed by atoms with Crippen LogP contribution in [0.3, 0.4) is 0 Å². The topological polar surface area (TPSA) is 42.2 Å². The molecule has 0 aliphatic carbocycles. The Bertz CT molecular complexity index is 860. The lowest BCUT2D eigenvalue weighted by molar-refractivity contribution is 0.552. The smallest absolute Gasteiger partial charge is 0.341 e. The van der Waals surface area contributed by atoms with Crippen LogP contribution in [0, 0.1) is 0 Å². The lowest BCUT2D eigenvalue weighted by atomic mass is 10.2. The number of para-hydroxylation sites is 1. The van der Waals surface area contributed by atoms with Gasteiger partial charge in [-0.1, -0.05) is 45.7 Å². The van der Waals surface area contributed by atoms with Crippen molar-refractivity contribution < 1.29 is 4.42 Å². The third kappa shape index (κ3) is 3.12. The molecule has 0 fully saturated rings. The highest BCUT2D eigenvalue weighted by Crippen LogP contribution is 2.26. The molecular formula is C16H11BrClNO2. The van der Waals surface area contributed by atoms with Crippen molar-refractivity contribution in [3.8, 4) is 0 Å². The van der Waals surface area contributed by atoms with Gasteiger partial charge in [-0.2, -0.15) is 0 Å². The van der Waals surface area contributed by atoms with Crippen molar-refractivity contribution in [2.45, 2.75) is 6.54 Å². The van der Waals surface area contributed by atoms with Crippen LogP contribution in [0.25, 0.3) is 11.0 Å². The molecule has 1 aromatic heterocycles. The van der Waals surface area contributed by atoms with Crippen molar-refractivity contribution >= 4 is 44.2 Å². The summed E-state index contributed by atoms with van der Waals surface area (Å²) in [7, 11) is 0. The van der Waals surface area contributed by atoms with Gasteiger partial charge < -0.3 is 9.73 Å². The standard InChI is InChI=1S/C16H11BrClNO2/c17-12-5-6-14(13(18)8-12)19-9-11-7-10-3-1-2-4-15(10)21-16(11)20/h1-8,19H,9H2. The van der Waals surface area contributed by atoms with Gasteiger partial charge in [0.25, 0.3) is 0 Å². The first-order valence-corrected chi connectivity index (χ1v) is 7.51. The largest absolute Gasteiger partial charge is 0.422 e. The molecule has 3 rings (SSSR count). The van der Waals surface area contributed by atoms with Crippen LogP contribution >= 0.6 is 27.5 Å². The van der Waals surface area contributed by atoms with Crippen LogP contribution in [0.2, 0.25) is 5.02 Å². The minimum Gasteiger partial charge on any atom is -0.422 e. The predicted molar refractivity (Wildman–Crippen MR) is 89.0 cm³/mol. The number of halogens is 2. The molecule has 0 spiro atoms. The van der Waals surface area contributed by atoms with Crippen molar-refractivity contribution in [1.82, 2.24) is 0 Å². The Morgan fingerprint density at radius 3 is 2.76 bits per heavy atom. The van der Waals surface area contributed by atoms with E-state index in [0.29, 0.717) is 22.7 Å². The summed E-state index contributed by atoms with van der Waals surface area (Å²) in [6, 6.07) is 14.8. The molecule has 3 aromatic rings. The number of anilines is 1. The Hall–Kier alpha value is -1.78. The first kappa shape index (κ1) is 14.2. The van der Waals surface area contributed by atoms with Gasteiger partial charge in [0.15, 0.2) is 0 Å². The summed E-state index contributed by atoms with van der Waals surface area (Å²) >= 11 is 9.49. The maximum Gasteiger partial charge on any atom is 0.341 e. The van der Waals surface area contributed by atoms with Gasteiger partial charge in [0.2, 0.25) is 0 Å². The second-order valence-corrected chi connectivity index (χ2v) is 5.90. The zero-order chi connectivity index (χ0) is 14.8. The van der Waals surface area contributed by atoms with E-state index in [4.69, 9.17) is 16.0 Å². The Morgan fingerprint density at radius 2 is 1.95 bits per heavy atom. The van der Waals surface area contributed by atoms with E-state index in [1.165, 1.54) is 0 Å². The van der Waals surface area contributed by atoms with Gasteiger partial charge in [0, 0.05) is 16.4 Å². The van der Waals surface area contributed by atoms with E-state index < -0.39 is 0 Å². The Morgan fingerprint density at radius 1 is 1.14 bits per heavy atom. The molecule has 21 heavy (non-hydrogen) atoms. The molecule has 0 radical (unpaired) electrons. The molecule has 5 heteroatoms. The van der Waals surface area contributed by atoms with E-state index in [1.807, 2.05) is 36.4 Å². The highest BCUT2D eigenvalue weighted by atomic mass is 79.9. The summed E-state index contributed by atoms with van der Waals surface area (Å²) in [6.45, 7) is 0.356. The third-order valence-electron chi connectivity index (χ3n) is 3.11.